The molecule has 0 radical (unpaired) electrons. The van der Waals surface area contributed by atoms with E-state index in [4.69, 9.17) is 11.6 Å². The minimum atomic E-state index is -4.58. The van der Waals surface area contributed by atoms with Gasteiger partial charge in [-0.15, -0.1) is 11.8 Å². The molecule has 0 aliphatic carbocycles. The Bertz CT molecular complexity index is 717. The summed E-state index contributed by atoms with van der Waals surface area (Å²) in [5.41, 5.74) is -0.0914. The van der Waals surface area contributed by atoms with Crippen molar-refractivity contribution in [1.29, 1.82) is 0 Å². The first-order chi connectivity index (χ1) is 11.3. The van der Waals surface area contributed by atoms with Crippen molar-refractivity contribution in [1.82, 2.24) is 0 Å². The maximum Gasteiger partial charge on any atom is 0.418 e. The van der Waals surface area contributed by atoms with E-state index in [2.05, 4.69) is 5.32 Å². The molecule has 0 fully saturated rings. The number of carbonyl (C=O) groups is 1. The van der Waals surface area contributed by atoms with Crippen LogP contribution in [-0.4, -0.2) is 11.7 Å². The fourth-order valence-electron chi connectivity index (χ4n) is 1.97. The average molecular weight is 374 g/mol. The zero-order valence-corrected chi connectivity index (χ0v) is 14.4. The van der Waals surface area contributed by atoms with Crippen molar-refractivity contribution in [3.63, 3.8) is 0 Å². The van der Waals surface area contributed by atoms with Crippen LogP contribution in [0.5, 0.6) is 0 Å². The largest absolute Gasteiger partial charge is 0.418 e. The topological polar surface area (TPSA) is 29.1 Å². The number of hydrogen-bond donors (Lipinski definition) is 1. The number of halogens is 4. The van der Waals surface area contributed by atoms with Crippen LogP contribution in [0.25, 0.3) is 0 Å². The van der Waals surface area contributed by atoms with E-state index in [1.165, 1.54) is 17.8 Å². The molecule has 1 amide bonds. The first kappa shape index (κ1) is 18.7. The number of alkyl halides is 3. The van der Waals surface area contributed by atoms with Crippen molar-refractivity contribution in [2.24, 2.45) is 0 Å². The van der Waals surface area contributed by atoms with Crippen LogP contribution in [0.15, 0.2) is 47.4 Å². The lowest BCUT2D eigenvalue weighted by Crippen LogP contribution is -2.16. The van der Waals surface area contributed by atoms with Gasteiger partial charge in [-0.2, -0.15) is 13.2 Å². The van der Waals surface area contributed by atoms with E-state index >= 15 is 0 Å². The van der Waals surface area contributed by atoms with Gasteiger partial charge in [-0.05, 0) is 37.3 Å². The van der Waals surface area contributed by atoms with E-state index in [0.717, 1.165) is 22.6 Å². The van der Waals surface area contributed by atoms with E-state index in [1.54, 1.807) is 0 Å². The summed E-state index contributed by atoms with van der Waals surface area (Å²) in [7, 11) is 0. The van der Waals surface area contributed by atoms with Crippen molar-refractivity contribution in [3.05, 3.63) is 58.6 Å². The van der Waals surface area contributed by atoms with Gasteiger partial charge in [0.15, 0.2) is 0 Å². The summed E-state index contributed by atoms with van der Waals surface area (Å²) < 4.78 is 38.9. The van der Waals surface area contributed by atoms with Crippen LogP contribution < -0.4 is 5.32 Å². The lowest BCUT2D eigenvalue weighted by molar-refractivity contribution is -0.137. The van der Waals surface area contributed by atoms with Gasteiger partial charge in [0.2, 0.25) is 5.91 Å². The normalized spacial score (nSPS) is 11.4. The summed E-state index contributed by atoms with van der Waals surface area (Å²) in [4.78, 5) is 12.9. The van der Waals surface area contributed by atoms with Crippen LogP contribution in [-0.2, 0) is 11.0 Å². The smallest absolute Gasteiger partial charge is 0.325 e. The predicted octanol–water partition coefficient (Wildman–Crippen LogP) is 5.79. The molecule has 1 N–H and O–H groups in total. The third-order valence-corrected chi connectivity index (χ3v) is 4.43. The fourth-order valence-corrected chi connectivity index (χ4v) is 2.99. The summed E-state index contributed by atoms with van der Waals surface area (Å²) in [5.74, 6) is 0.00606. The van der Waals surface area contributed by atoms with Gasteiger partial charge in [-0.25, -0.2) is 0 Å². The Morgan fingerprint density at radius 3 is 2.46 bits per heavy atom. The second-order valence-corrected chi connectivity index (χ2v) is 6.75. The number of amides is 1. The van der Waals surface area contributed by atoms with E-state index in [-0.39, 0.29) is 17.1 Å². The summed E-state index contributed by atoms with van der Waals surface area (Å²) in [6.45, 7) is 1.98. The van der Waals surface area contributed by atoms with Crippen molar-refractivity contribution < 1.29 is 18.0 Å². The summed E-state index contributed by atoms with van der Waals surface area (Å²) in [6, 6.07) is 11.1. The van der Waals surface area contributed by atoms with Gasteiger partial charge in [-0.3, -0.25) is 4.79 Å². The van der Waals surface area contributed by atoms with Gasteiger partial charge >= 0.3 is 6.18 Å². The molecular formula is C17H15ClF3NOS. The zero-order chi connectivity index (χ0) is 17.7. The SMILES string of the molecule is Cc1ccc(SCCC(=O)Nc2ccc(Cl)cc2C(F)(F)F)cc1. The van der Waals surface area contributed by atoms with E-state index < -0.39 is 17.6 Å². The first-order valence-corrected chi connectivity index (χ1v) is 8.48. The Kier molecular flexibility index (Phi) is 6.18. The number of anilines is 1. The Morgan fingerprint density at radius 1 is 1.17 bits per heavy atom. The van der Waals surface area contributed by atoms with E-state index in [0.29, 0.717) is 5.75 Å². The second-order valence-electron chi connectivity index (χ2n) is 5.15. The van der Waals surface area contributed by atoms with Gasteiger partial charge in [-0.1, -0.05) is 29.3 Å². The van der Waals surface area contributed by atoms with Crippen LogP contribution >= 0.6 is 23.4 Å². The number of rotatable bonds is 5. The third kappa shape index (κ3) is 5.46. The standard InChI is InChI=1S/C17H15ClF3NOS/c1-11-2-5-13(6-3-11)24-9-8-16(23)22-15-7-4-12(18)10-14(15)17(19,20)21/h2-7,10H,8-9H2,1H3,(H,22,23). The summed E-state index contributed by atoms with van der Waals surface area (Å²) in [6.07, 6.45) is -4.47. The Hall–Kier alpha value is -1.66. The lowest BCUT2D eigenvalue weighted by Gasteiger charge is -2.14. The minimum Gasteiger partial charge on any atom is -0.325 e. The van der Waals surface area contributed by atoms with Gasteiger partial charge < -0.3 is 5.32 Å². The highest BCUT2D eigenvalue weighted by atomic mass is 35.5. The Morgan fingerprint density at radius 2 is 1.83 bits per heavy atom. The second kappa shape index (κ2) is 7.94. The molecule has 0 heterocycles. The molecule has 0 atom stereocenters. The molecule has 7 heteroatoms. The molecule has 2 rings (SSSR count). The fraction of sp³-hybridized carbons (Fsp3) is 0.235. The van der Waals surface area contributed by atoms with Gasteiger partial charge in [0, 0.05) is 22.1 Å². The third-order valence-electron chi connectivity index (χ3n) is 3.18. The first-order valence-electron chi connectivity index (χ1n) is 7.12. The molecule has 0 bridgehead atoms. The van der Waals surface area contributed by atoms with Crippen LogP contribution in [0.4, 0.5) is 18.9 Å². The molecule has 0 aliphatic rings. The highest BCUT2D eigenvalue weighted by molar-refractivity contribution is 7.99. The molecule has 2 nitrogen and oxygen atoms in total. The summed E-state index contributed by atoms with van der Waals surface area (Å²) >= 11 is 7.08. The molecule has 0 saturated carbocycles. The van der Waals surface area contributed by atoms with Crippen LogP contribution in [0.1, 0.15) is 17.5 Å². The number of aryl methyl sites for hydroxylation is 1. The highest BCUT2D eigenvalue weighted by Crippen LogP contribution is 2.36. The molecule has 128 valence electrons. The Labute approximate surface area is 147 Å². The van der Waals surface area contributed by atoms with Crippen LogP contribution in [0, 0.1) is 6.92 Å². The molecule has 0 spiro atoms. The van der Waals surface area contributed by atoms with Crippen LogP contribution in [0.3, 0.4) is 0 Å². The highest BCUT2D eigenvalue weighted by Gasteiger charge is 2.34. The van der Waals surface area contributed by atoms with Gasteiger partial charge in [0.1, 0.15) is 0 Å². The monoisotopic (exact) mass is 373 g/mol. The zero-order valence-electron chi connectivity index (χ0n) is 12.8. The van der Waals surface area contributed by atoms with Crippen molar-refractivity contribution in [2.75, 3.05) is 11.1 Å². The molecule has 0 saturated heterocycles. The number of carbonyl (C=O) groups excluding carboxylic acids is 1. The van der Waals surface area contributed by atoms with Crippen molar-refractivity contribution in [2.45, 2.75) is 24.4 Å². The maximum atomic E-state index is 13.0. The minimum absolute atomic E-state index is 0.0322. The van der Waals surface area contributed by atoms with E-state index in [9.17, 15) is 18.0 Å². The van der Waals surface area contributed by atoms with Crippen LogP contribution in [0.2, 0.25) is 5.02 Å². The molecule has 2 aromatic carbocycles. The quantitative estimate of drug-likeness (QED) is 0.672. The molecule has 24 heavy (non-hydrogen) atoms. The van der Waals surface area contributed by atoms with E-state index in [1.807, 2.05) is 31.2 Å². The molecular weight excluding hydrogens is 359 g/mol. The van der Waals surface area contributed by atoms with Gasteiger partial charge in [0.05, 0.1) is 11.3 Å². The lowest BCUT2D eigenvalue weighted by atomic mass is 10.1. The molecule has 2 aromatic rings. The number of benzene rings is 2. The van der Waals surface area contributed by atoms with Crippen molar-refractivity contribution in [3.8, 4) is 0 Å². The number of hydrogen-bond acceptors (Lipinski definition) is 2. The predicted molar refractivity (Wildman–Crippen MR) is 91.6 cm³/mol. The molecule has 0 unspecified atom stereocenters. The summed E-state index contributed by atoms with van der Waals surface area (Å²) in [5, 5.41) is 2.28. The number of thioether (sulfide) groups is 1. The average Bonchev–Trinajstić information content (AvgIpc) is 2.50. The Balaban J connectivity index is 1.94. The maximum absolute atomic E-state index is 13.0. The molecule has 0 aromatic heterocycles. The van der Waals surface area contributed by atoms with Crippen molar-refractivity contribution >= 4 is 35.0 Å². The number of nitrogens with one attached hydrogen (secondary N) is 1. The molecule has 0 aliphatic heterocycles. The van der Waals surface area contributed by atoms with Gasteiger partial charge in [0.25, 0.3) is 0 Å².